The summed E-state index contributed by atoms with van der Waals surface area (Å²) in [7, 11) is 0. The molecule has 4 aromatic rings. The summed E-state index contributed by atoms with van der Waals surface area (Å²) in [5.74, 6) is 1.68. The maximum Gasteiger partial charge on any atom is 0.132 e. The number of ether oxygens (including phenoxy) is 1. The zero-order valence-electron chi connectivity index (χ0n) is 20.4. The van der Waals surface area contributed by atoms with Gasteiger partial charge in [-0.1, -0.05) is 52.8 Å². The molecule has 0 amide bonds. The molecule has 0 radical (unpaired) electrons. The van der Waals surface area contributed by atoms with Gasteiger partial charge in [0.05, 0.1) is 11.4 Å². The summed E-state index contributed by atoms with van der Waals surface area (Å²) in [6, 6.07) is 23.7. The van der Waals surface area contributed by atoms with Gasteiger partial charge in [0, 0.05) is 16.5 Å². The SMILES string of the molecule is CC(C)(C)c1ccc2c(c1)C1(c3cccc(Br)n3)c3cc(cc(Br)n3)C(C)(C)c3ccc(c1c3)O2. The van der Waals surface area contributed by atoms with Crippen molar-refractivity contribution < 1.29 is 4.74 Å². The smallest absolute Gasteiger partial charge is 0.132 e. The second kappa shape index (κ2) is 7.50. The Bertz CT molecular complexity index is 1520. The minimum Gasteiger partial charge on any atom is -0.457 e. The largest absolute Gasteiger partial charge is 0.457 e. The summed E-state index contributed by atoms with van der Waals surface area (Å²) in [4.78, 5) is 10.2. The number of nitrogens with zero attached hydrogens (tertiary/aromatic N) is 2. The van der Waals surface area contributed by atoms with Crippen molar-refractivity contribution in [3.8, 4) is 11.5 Å². The first kappa shape index (κ1) is 22.9. The Kier molecular flexibility index (Phi) is 4.92. The van der Waals surface area contributed by atoms with E-state index in [4.69, 9.17) is 14.7 Å². The molecule has 3 nitrogen and oxygen atoms in total. The predicted octanol–water partition coefficient (Wildman–Crippen LogP) is 8.43. The lowest BCUT2D eigenvalue weighted by atomic mass is 9.63. The minimum absolute atomic E-state index is 0.0253. The normalized spacial score (nSPS) is 19.3. The second-order valence-electron chi connectivity index (χ2n) is 11.1. The third-order valence-corrected chi connectivity index (χ3v) is 8.42. The van der Waals surface area contributed by atoms with E-state index in [1.54, 1.807) is 0 Å². The Morgan fingerprint density at radius 2 is 1.40 bits per heavy atom. The van der Waals surface area contributed by atoms with Crippen LogP contribution in [-0.2, 0) is 16.2 Å². The van der Waals surface area contributed by atoms with Crippen LogP contribution in [0.25, 0.3) is 0 Å². The van der Waals surface area contributed by atoms with Crippen LogP contribution in [0.15, 0.2) is 75.9 Å². The number of rotatable bonds is 1. The van der Waals surface area contributed by atoms with Crippen LogP contribution in [0.1, 0.15) is 73.8 Å². The van der Waals surface area contributed by atoms with E-state index >= 15 is 0 Å². The molecule has 1 unspecified atom stereocenters. The van der Waals surface area contributed by atoms with Gasteiger partial charge in [-0.25, -0.2) is 9.97 Å². The molecule has 6 rings (SSSR count). The fraction of sp³-hybridized carbons (Fsp3) is 0.267. The van der Waals surface area contributed by atoms with Crippen LogP contribution in [0.4, 0.5) is 0 Å². The quantitative estimate of drug-likeness (QED) is 0.184. The van der Waals surface area contributed by atoms with E-state index in [1.165, 1.54) is 16.7 Å². The van der Waals surface area contributed by atoms with Crippen molar-refractivity contribution in [2.45, 2.75) is 50.9 Å². The van der Waals surface area contributed by atoms with Gasteiger partial charge in [-0.2, -0.15) is 0 Å². The molecule has 0 saturated carbocycles. The molecular weight excluding hydrogens is 564 g/mol. The zero-order valence-corrected chi connectivity index (χ0v) is 23.6. The third-order valence-electron chi connectivity index (χ3n) is 7.57. The molecule has 1 aliphatic carbocycles. The van der Waals surface area contributed by atoms with E-state index in [0.717, 1.165) is 43.2 Å². The van der Waals surface area contributed by atoms with Crippen molar-refractivity contribution >= 4 is 31.9 Å². The molecule has 0 saturated heterocycles. The van der Waals surface area contributed by atoms with Crippen molar-refractivity contribution in [2.24, 2.45) is 0 Å². The molecule has 4 bridgehead atoms. The first-order chi connectivity index (χ1) is 16.5. The maximum atomic E-state index is 6.57. The van der Waals surface area contributed by atoms with Crippen LogP contribution in [0.5, 0.6) is 11.5 Å². The molecule has 2 aliphatic rings. The van der Waals surface area contributed by atoms with E-state index in [0.29, 0.717) is 0 Å². The first-order valence-corrected chi connectivity index (χ1v) is 13.4. The maximum absolute atomic E-state index is 6.57. The van der Waals surface area contributed by atoms with Gasteiger partial charge in [-0.15, -0.1) is 0 Å². The molecule has 5 heteroatoms. The summed E-state index contributed by atoms with van der Waals surface area (Å²) in [6.07, 6.45) is 0. The lowest BCUT2D eigenvalue weighted by Crippen LogP contribution is -2.38. The van der Waals surface area contributed by atoms with Crippen LogP contribution in [0.3, 0.4) is 0 Å². The minimum atomic E-state index is -0.737. The Balaban J connectivity index is 1.85. The Morgan fingerprint density at radius 1 is 0.714 bits per heavy atom. The molecule has 0 fully saturated rings. The Labute approximate surface area is 223 Å². The molecule has 2 aromatic carbocycles. The van der Waals surface area contributed by atoms with Gasteiger partial charge in [0.15, 0.2) is 0 Å². The summed E-state index contributed by atoms with van der Waals surface area (Å²) in [5, 5.41) is 0. The topological polar surface area (TPSA) is 35.0 Å². The van der Waals surface area contributed by atoms with Crippen molar-refractivity contribution in [1.82, 2.24) is 9.97 Å². The molecule has 176 valence electrons. The second-order valence-corrected chi connectivity index (χ2v) is 12.7. The van der Waals surface area contributed by atoms with Crippen LogP contribution in [0, 0.1) is 0 Å². The van der Waals surface area contributed by atoms with Gasteiger partial charge in [-0.05, 0) is 102 Å². The number of benzene rings is 2. The Morgan fingerprint density at radius 3 is 2.11 bits per heavy atom. The highest BCUT2D eigenvalue weighted by molar-refractivity contribution is 9.10. The van der Waals surface area contributed by atoms with E-state index in [9.17, 15) is 0 Å². The third kappa shape index (κ3) is 3.27. The first-order valence-electron chi connectivity index (χ1n) is 11.8. The standard InChI is InChI=1S/C30H26Br2N2O/c1-28(2,3)17-9-11-22-20(13-17)30(24-7-6-8-26(31)33-24)21-14-18(10-12-23(21)35-22)29(4,5)19-15-25(30)34-27(32)16-19/h6-16H,1-5H3. The number of aromatic nitrogens is 2. The van der Waals surface area contributed by atoms with Crippen LogP contribution >= 0.6 is 31.9 Å². The molecular formula is C30H26Br2N2O. The highest BCUT2D eigenvalue weighted by Gasteiger charge is 2.50. The number of hydrogen-bond acceptors (Lipinski definition) is 3. The van der Waals surface area contributed by atoms with Gasteiger partial charge >= 0.3 is 0 Å². The van der Waals surface area contributed by atoms with E-state index in [2.05, 4.69) is 127 Å². The number of halogens is 2. The van der Waals surface area contributed by atoms with E-state index in [-0.39, 0.29) is 10.8 Å². The van der Waals surface area contributed by atoms with E-state index < -0.39 is 5.41 Å². The summed E-state index contributed by atoms with van der Waals surface area (Å²) < 4.78 is 8.18. The lowest BCUT2D eigenvalue weighted by Gasteiger charge is -2.43. The lowest BCUT2D eigenvalue weighted by molar-refractivity contribution is 0.425. The summed E-state index contributed by atoms with van der Waals surface area (Å²) in [6.45, 7) is 11.2. The molecule has 0 N–H and O–H groups in total. The molecule has 1 atom stereocenters. The highest BCUT2D eigenvalue weighted by Crippen LogP contribution is 2.57. The molecule has 3 heterocycles. The molecule has 2 aromatic heterocycles. The van der Waals surface area contributed by atoms with Crippen molar-refractivity contribution in [1.29, 1.82) is 0 Å². The van der Waals surface area contributed by atoms with Crippen molar-refractivity contribution in [3.05, 3.63) is 115 Å². The summed E-state index contributed by atoms with van der Waals surface area (Å²) in [5.41, 5.74) is 6.72. The zero-order chi connectivity index (χ0) is 24.8. The van der Waals surface area contributed by atoms with Gasteiger partial charge in [-0.3, -0.25) is 0 Å². The van der Waals surface area contributed by atoms with Gasteiger partial charge < -0.3 is 4.74 Å². The van der Waals surface area contributed by atoms with Gasteiger partial charge in [0.1, 0.15) is 26.1 Å². The predicted molar refractivity (Wildman–Crippen MR) is 147 cm³/mol. The number of fused-ring (bicyclic) bond motifs is 6. The fourth-order valence-electron chi connectivity index (χ4n) is 5.46. The van der Waals surface area contributed by atoms with Gasteiger partial charge in [0.2, 0.25) is 0 Å². The van der Waals surface area contributed by atoms with Crippen molar-refractivity contribution in [2.75, 3.05) is 0 Å². The van der Waals surface area contributed by atoms with Crippen LogP contribution < -0.4 is 4.74 Å². The van der Waals surface area contributed by atoms with E-state index in [1.807, 2.05) is 6.07 Å². The Hall–Kier alpha value is -2.50. The number of hydrogen-bond donors (Lipinski definition) is 0. The molecule has 0 spiro atoms. The van der Waals surface area contributed by atoms with Crippen LogP contribution in [-0.4, -0.2) is 9.97 Å². The van der Waals surface area contributed by atoms with Crippen molar-refractivity contribution in [3.63, 3.8) is 0 Å². The van der Waals surface area contributed by atoms with Gasteiger partial charge in [0.25, 0.3) is 0 Å². The average Bonchev–Trinajstić information content (AvgIpc) is 2.80. The molecule has 35 heavy (non-hydrogen) atoms. The average molecular weight is 590 g/mol. The van der Waals surface area contributed by atoms with Crippen LogP contribution in [0.2, 0.25) is 0 Å². The number of pyridine rings is 2. The highest BCUT2D eigenvalue weighted by atomic mass is 79.9. The fourth-order valence-corrected chi connectivity index (χ4v) is 6.24. The molecule has 1 aliphatic heterocycles. The summed E-state index contributed by atoms with van der Waals surface area (Å²) >= 11 is 7.38. The monoisotopic (exact) mass is 588 g/mol.